The summed E-state index contributed by atoms with van der Waals surface area (Å²) in [6.07, 6.45) is 2.83. The summed E-state index contributed by atoms with van der Waals surface area (Å²) in [5.41, 5.74) is 1.72. The van der Waals surface area contributed by atoms with Crippen LogP contribution in [0, 0.1) is 5.41 Å². The standard InChI is InChI=1S/C15H21F2N/c1-2-7-15(8-9-15)11-18-10-12-3-5-13(6-4-12)14(16)17/h3-6,14,18H,2,7-11H2,1H3. The van der Waals surface area contributed by atoms with E-state index in [4.69, 9.17) is 0 Å². The number of hydrogen-bond donors (Lipinski definition) is 1. The van der Waals surface area contributed by atoms with Crippen LogP contribution in [-0.4, -0.2) is 6.54 Å². The Kier molecular flexibility index (Phi) is 4.33. The van der Waals surface area contributed by atoms with Gasteiger partial charge in [0, 0.05) is 18.7 Å². The van der Waals surface area contributed by atoms with Crippen molar-refractivity contribution in [2.75, 3.05) is 6.54 Å². The molecule has 3 heteroatoms. The van der Waals surface area contributed by atoms with Gasteiger partial charge in [-0.3, -0.25) is 0 Å². The molecule has 0 bridgehead atoms. The molecular weight excluding hydrogens is 232 g/mol. The van der Waals surface area contributed by atoms with Gasteiger partial charge < -0.3 is 5.32 Å². The molecule has 0 spiro atoms. The second-order valence-corrected chi connectivity index (χ2v) is 5.40. The van der Waals surface area contributed by atoms with E-state index in [9.17, 15) is 8.78 Å². The number of nitrogens with one attached hydrogen (secondary N) is 1. The lowest BCUT2D eigenvalue weighted by molar-refractivity contribution is 0.151. The average Bonchev–Trinajstić information content (AvgIpc) is 3.10. The van der Waals surface area contributed by atoms with Crippen LogP contribution in [0.25, 0.3) is 0 Å². The Bertz CT molecular complexity index is 369. The summed E-state index contributed by atoms with van der Waals surface area (Å²) < 4.78 is 24.8. The molecule has 1 N–H and O–H groups in total. The van der Waals surface area contributed by atoms with Crippen molar-refractivity contribution in [1.29, 1.82) is 0 Å². The summed E-state index contributed by atoms with van der Waals surface area (Å²) >= 11 is 0. The van der Waals surface area contributed by atoms with Gasteiger partial charge in [-0.15, -0.1) is 0 Å². The van der Waals surface area contributed by atoms with Crippen molar-refractivity contribution in [2.24, 2.45) is 5.41 Å². The minimum absolute atomic E-state index is 0.100. The first kappa shape index (κ1) is 13.5. The monoisotopic (exact) mass is 253 g/mol. The third kappa shape index (κ3) is 3.52. The van der Waals surface area contributed by atoms with E-state index in [1.807, 2.05) is 0 Å². The van der Waals surface area contributed by atoms with Crippen LogP contribution in [0.2, 0.25) is 0 Å². The van der Waals surface area contributed by atoms with Crippen LogP contribution in [-0.2, 0) is 6.54 Å². The van der Waals surface area contributed by atoms with Crippen molar-refractivity contribution in [3.05, 3.63) is 35.4 Å². The first-order valence-electron chi connectivity index (χ1n) is 6.73. The highest BCUT2D eigenvalue weighted by Crippen LogP contribution is 2.48. The SMILES string of the molecule is CCCC1(CNCc2ccc(C(F)F)cc2)CC1. The normalized spacial score (nSPS) is 17.1. The molecule has 0 aromatic heterocycles. The minimum Gasteiger partial charge on any atom is -0.312 e. The van der Waals surface area contributed by atoms with Gasteiger partial charge in [0.25, 0.3) is 6.43 Å². The highest BCUT2D eigenvalue weighted by atomic mass is 19.3. The predicted molar refractivity (Wildman–Crippen MR) is 69.7 cm³/mol. The van der Waals surface area contributed by atoms with Gasteiger partial charge in [-0.05, 0) is 30.2 Å². The van der Waals surface area contributed by atoms with Crippen LogP contribution in [0.15, 0.2) is 24.3 Å². The van der Waals surface area contributed by atoms with Gasteiger partial charge in [0.05, 0.1) is 0 Å². The molecule has 1 saturated carbocycles. The molecule has 1 nitrogen and oxygen atoms in total. The minimum atomic E-state index is -2.37. The lowest BCUT2D eigenvalue weighted by Crippen LogP contribution is -2.23. The number of hydrogen-bond acceptors (Lipinski definition) is 1. The van der Waals surface area contributed by atoms with Crippen molar-refractivity contribution in [3.63, 3.8) is 0 Å². The number of rotatable bonds is 7. The van der Waals surface area contributed by atoms with E-state index in [1.165, 1.54) is 37.8 Å². The van der Waals surface area contributed by atoms with E-state index >= 15 is 0 Å². The Morgan fingerprint density at radius 3 is 2.39 bits per heavy atom. The van der Waals surface area contributed by atoms with E-state index in [0.717, 1.165) is 18.7 Å². The summed E-state index contributed by atoms with van der Waals surface area (Å²) in [7, 11) is 0. The molecule has 0 radical (unpaired) electrons. The Balaban J connectivity index is 1.77. The molecule has 0 amide bonds. The van der Waals surface area contributed by atoms with E-state index in [1.54, 1.807) is 12.1 Å². The van der Waals surface area contributed by atoms with Crippen LogP contribution < -0.4 is 5.32 Å². The molecular formula is C15H21F2N. The first-order valence-corrected chi connectivity index (χ1v) is 6.73. The van der Waals surface area contributed by atoms with Gasteiger partial charge in [0.1, 0.15) is 0 Å². The number of benzene rings is 1. The maximum absolute atomic E-state index is 12.4. The fraction of sp³-hybridized carbons (Fsp3) is 0.600. The second kappa shape index (κ2) is 5.79. The molecule has 0 heterocycles. The topological polar surface area (TPSA) is 12.0 Å². The van der Waals surface area contributed by atoms with Gasteiger partial charge in [-0.25, -0.2) is 8.78 Å². The Morgan fingerprint density at radius 1 is 1.22 bits per heavy atom. The van der Waals surface area contributed by atoms with Gasteiger partial charge in [0.2, 0.25) is 0 Å². The van der Waals surface area contributed by atoms with Crippen molar-refractivity contribution in [2.45, 2.75) is 45.6 Å². The zero-order valence-electron chi connectivity index (χ0n) is 10.9. The average molecular weight is 253 g/mol. The van der Waals surface area contributed by atoms with Crippen LogP contribution in [0.5, 0.6) is 0 Å². The molecule has 2 rings (SSSR count). The molecule has 1 aromatic rings. The lowest BCUT2D eigenvalue weighted by Gasteiger charge is -2.15. The molecule has 1 aliphatic carbocycles. The molecule has 1 aliphatic rings. The third-order valence-corrected chi connectivity index (χ3v) is 3.80. The van der Waals surface area contributed by atoms with Gasteiger partial charge in [-0.1, -0.05) is 37.6 Å². The van der Waals surface area contributed by atoms with Crippen LogP contribution in [0.1, 0.15) is 50.2 Å². The van der Waals surface area contributed by atoms with Crippen molar-refractivity contribution < 1.29 is 8.78 Å². The zero-order valence-corrected chi connectivity index (χ0v) is 10.9. The van der Waals surface area contributed by atoms with Crippen molar-refractivity contribution in [1.82, 2.24) is 5.32 Å². The molecule has 100 valence electrons. The maximum Gasteiger partial charge on any atom is 0.263 e. The Labute approximate surface area is 108 Å². The molecule has 1 aromatic carbocycles. The van der Waals surface area contributed by atoms with E-state index in [2.05, 4.69) is 12.2 Å². The second-order valence-electron chi connectivity index (χ2n) is 5.40. The number of halogens is 2. The maximum atomic E-state index is 12.4. The lowest BCUT2D eigenvalue weighted by atomic mass is 10.0. The highest BCUT2D eigenvalue weighted by molar-refractivity contribution is 5.23. The fourth-order valence-electron chi connectivity index (χ4n) is 2.48. The van der Waals surface area contributed by atoms with Gasteiger partial charge >= 0.3 is 0 Å². The Morgan fingerprint density at radius 2 is 1.89 bits per heavy atom. The van der Waals surface area contributed by atoms with E-state index in [0.29, 0.717) is 5.41 Å². The smallest absolute Gasteiger partial charge is 0.263 e. The van der Waals surface area contributed by atoms with E-state index in [-0.39, 0.29) is 5.56 Å². The van der Waals surface area contributed by atoms with Crippen LogP contribution in [0.4, 0.5) is 8.78 Å². The summed E-state index contributed by atoms with van der Waals surface area (Å²) in [6.45, 7) is 4.05. The third-order valence-electron chi connectivity index (χ3n) is 3.80. The predicted octanol–water partition coefficient (Wildman–Crippen LogP) is 4.29. The van der Waals surface area contributed by atoms with Crippen LogP contribution in [0.3, 0.4) is 0 Å². The molecule has 18 heavy (non-hydrogen) atoms. The molecule has 0 unspecified atom stereocenters. The molecule has 1 fully saturated rings. The molecule has 0 saturated heterocycles. The van der Waals surface area contributed by atoms with Crippen molar-refractivity contribution in [3.8, 4) is 0 Å². The summed E-state index contributed by atoms with van der Waals surface area (Å²) in [6, 6.07) is 6.60. The zero-order chi connectivity index (χ0) is 13.0. The van der Waals surface area contributed by atoms with Crippen molar-refractivity contribution >= 4 is 0 Å². The number of alkyl halides is 2. The van der Waals surface area contributed by atoms with Gasteiger partial charge in [-0.2, -0.15) is 0 Å². The fourth-order valence-corrected chi connectivity index (χ4v) is 2.48. The quantitative estimate of drug-likeness (QED) is 0.764. The summed E-state index contributed by atoms with van der Waals surface area (Å²) in [4.78, 5) is 0. The van der Waals surface area contributed by atoms with E-state index < -0.39 is 6.43 Å². The van der Waals surface area contributed by atoms with Crippen LogP contribution >= 0.6 is 0 Å². The highest BCUT2D eigenvalue weighted by Gasteiger charge is 2.40. The largest absolute Gasteiger partial charge is 0.312 e. The molecule has 0 aliphatic heterocycles. The summed E-state index contributed by atoms with van der Waals surface area (Å²) in [5, 5.41) is 3.45. The first-order chi connectivity index (χ1) is 8.65. The molecule has 0 atom stereocenters. The summed E-state index contributed by atoms with van der Waals surface area (Å²) in [5.74, 6) is 0. The van der Waals surface area contributed by atoms with Gasteiger partial charge in [0.15, 0.2) is 0 Å². The Hall–Kier alpha value is -0.960.